The number of carbonyl (C=O) groups is 1. The number of benzene rings is 2. The van der Waals surface area contributed by atoms with Crippen LogP contribution in [0, 0.1) is 0 Å². The molecule has 0 saturated heterocycles. The summed E-state index contributed by atoms with van der Waals surface area (Å²) in [4.78, 5) is 11.5. The van der Waals surface area contributed by atoms with Crippen molar-refractivity contribution in [2.75, 3.05) is 11.9 Å². The van der Waals surface area contributed by atoms with E-state index in [2.05, 4.69) is 46.3 Å². The van der Waals surface area contributed by atoms with Crippen LogP contribution in [-0.4, -0.2) is 17.9 Å². The molecule has 0 aliphatic heterocycles. The monoisotopic (exact) mass is 334 g/mol. The minimum atomic E-state index is -0.0915. The molecule has 2 nitrogen and oxygen atoms in total. The smallest absolute Gasteiger partial charge is 0.305 e. The van der Waals surface area contributed by atoms with Crippen molar-refractivity contribution in [1.82, 2.24) is 0 Å². The third-order valence-corrected chi connectivity index (χ3v) is 3.84. The number of carbonyl (C=O) groups excluding carboxylic acids is 1. The minimum absolute atomic E-state index is 0.0915. The summed E-state index contributed by atoms with van der Waals surface area (Å²) in [5, 5.41) is 3.41. The molecular weight excluding hydrogens is 316 g/mol. The number of rotatable bonds is 7. The summed E-state index contributed by atoms with van der Waals surface area (Å²) in [7, 11) is 0. The van der Waals surface area contributed by atoms with Crippen molar-refractivity contribution in [3.8, 4) is 0 Å². The van der Waals surface area contributed by atoms with Crippen molar-refractivity contribution in [2.24, 2.45) is 0 Å². The van der Waals surface area contributed by atoms with Gasteiger partial charge in [-0.05, 0) is 29.2 Å². The highest BCUT2D eigenvalue weighted by Crippen LogP contribution is 2.18. The Morgan fingerprint density at radius 2 is 1.85 bits per heavy atom. The first-order valence-electron chi connectivity index (χ1n) is 6.99. The molecule has 2 aromatic carbocycles. The van der Waals surface area contributed by atoms with Crippen LogP contribution in [0.5, 0.6) is 0 Å². The van der Waals surface area contributed by atoms with Gasteiger partial charge >= 0.3 is 5.97 Å². The fourth-order valence-electron chi connectivity index (χ4n) is 2.22. The topological polar surface area (TPSA) is 26.3 Å². The van der Waals surface area contributed by atoms with Crippen LogP contribution < -0.4 is 0 Å². The zero-order chi connectivity index (χ0) is 14.2. The molecule has 0 atom stereocenters. The maximum Gasteiger partial charge on any atom is 0.305 e. The fourth-order valence-corrected chi connectivity index (χ4v) is 2.62. The van der Waals surface area contributed by atoms with Crippen LogP contribution in [0.1, 0.15) is 24.8 Å². The van der Waals surface area contributed by atoms with Gasteiger partial charge in [-0.1, -0.05) is 58.4 Å². The summed E-state index contributed by atoms with van der Waals surface area (Å²) in [6, 6.07) is 14.5. The Morgan fingerprint density at radius 1 is 1.05 bits per heavy atom. The van der Waals surface area contributed by atoms with Crippen LogP contribution in [-0.2, 0) is 16.0 Å². The van der Waals surface area contributed by atoms with E-state index in [0.717, 1.165) is 24.6 Å². The van der Waals surface area contributed by atoms with Crippen LogP contribution in [0.15, 0.2) is 42.5 Å². The lowest BCUT2D eigenvalue weighted by atomic mass is 10.0. The number of hydrogen-bond donors (Lipinski definition) is 0. The molecule has 0 aliphatic carbocycles. The van der Waals surface area contributed by atoms with Gasteiger partial charge in [0.15, 0.2) is 0 Å². The second-order valence-corrected chi connectivity index (χ2v) is 5.55. The molecule has 0 radical (unpaired) electrons. The molecule has 0 heterocycles. The molecular formula is C17H19BrO2. The van der Waals surface area contributed by atoms with Gasteiger partial charge in [-0.3, -0.25) is 4.79 Å². The lowest BCUT2D eigenvalue weighted by molar-refractivity contribution is -0.143. The first-order valence-corrected chi connectivity index (χ1v) is 8.11. The summed E-state index contributed by atoms with van der Waals surface area (Å²) >= 11 is 3.35. The summed E-state index contributed by atoms with van der Waals surface area (Å²) in [5.41, 5.74) is 1.23. The van der Waals surface area contributed by atoms with Crippen molar-refractivity contribution in [2.45, 2.75) is 25.7 Å². The third kappa shape index (κ3) is 4.34. The molecule has 0 unspecified atom stereocenters. The van der Waals surface area contributed by atoms with Gasteiger partial charge in [0.25, 0.3) is 0 Å². The first-order chi connectivity index (χ1) is 9.81. The van der Waals surface area contributed by atoms with Gasteiger partial charge in [0.05, 0.1) is 6.61 Å². The Morgan fingerprint density at radius 3 is 2.70 bits per heavy atom. The van der Waals surface area contributed by atoms with E-state index in [1.54, 1.807) is 0 Å². The van der Waals surface area contributed by atoms with E-state index >= 15 is 0 Å². The second-order valence-electron chi connectivity index (χ2n) is 4.75. The zero-order valence-electron chi connectivity index (χ0n) is 11.5. The highest BCUT2D eigenvalue weighted by molar-refractivity contribution is 9.09. The molecule has 0 spiro atoms. The lowest BCUT2D eigenvalue weighted by Crippen LogP contribution is -2.07. The summed E-state index contributed by atoms with van der Waals surface area (Å²) in [6.07, 6.45) is 3.18. The summed E-state index contributed by atoms with van der Waals surface area (Å²) < 4.78 is 5.29. The van der Waals surface area contributed by atoms with Crippen molar-refractivity contribution >= 4 is 32.7 Å². The Kier molecular flexibility index (Phi) is 6.06. The van der Waals surface area contributed by atoms with E-state index in [1.165, 1.54) is 16.3 Å². The number of halogens is 1. The zero-order valence-corrected chi connectivity index (χ0v) is 13.1. The average Bonchev–Trinajstić information content (AvgIpc) is 2.48. The molecule has 0 fully saturated rings. The van der Waals surface area contributed by atoms with Crippen molar-refractivity contribution in [3.05, 3.63) is 48.0 Å². The van der Waals surface area contributed by atoms with Crippen LogP contribution in [0.4, 0.5) is 0 Å². The van der Waals surface area contributed by atoms with E-state index in [9.17, 15) is 4.79 Å². The van der Waals surface area contributed by atoms with Crippen molar-refractivity contribution in [1.29, 1.82) is 0 Å². The van der Waals surface area contributed by atoms with Gasteiger partial charge in [0, 0.05) is 18.2 Å². The first kappa shape index (κ1) is 15.0. The number of unbranched alkanes of at least 4 members (excludes halogenated alkanes) is 1. The Hall–Kier alpha value is -1.35. The van der Waals surface area contributed by atoms with E-state index in [0.29, 0.717) is 13.0 Å². The van der Waals surface area contributed by atoms with E-state index in [-0.39, 0.29) is 5.97 Å². The molecule has 20 heavy (non-hydrogen) atoms. The highest BCUT2D eigenvalue weighted by Gasteiger charge is 2.04. The van der Waals surface area contributed by atoms with Gasteiger partial charge in [0.2, 0.25) is 0 Å². The van der Waals surface area contributed by atoms with E-state index < -0.39 is 0 Å². The molecule has 3 heteroatoms. The average molecular weight is 335 g/mol. The van der Waals surface area contributed by atoms with Crippen LogP contribution in [0.3, 0.4) is 0 Å². The van der Waals surface area contributed by atoms with E-state index in [1.807, 2.05) is 12.1 Å². The van der Waals surface area contributed by atoms with Gasteiger partial charge in [-0.25, -0.2) is 0 Å². The maximum atomic E-state index is 11.5. The molecule has 2 aromatic rings. The summed E-state index contributed by atoms with van der Waals surface area (Å²) in [5.74, 6) is -0.0915. The lowest BCUT2D eigenvalue weighted by Gasteiger charge is -2.07. The van der Waals surface area contributed by atoms with Gasteiger partial charge in [-0.2, -0.15) is 0 Å². The number of ether oxygens (including phenoxy) is 1. The Balaban J connectivity index is 1.85. The number of alkyl halides is 1. The molecule has 0 aliphatic rings. The molecule has 106 valence electrons. The van der Waals surface area contributed by atoms with Crippen molar-refractivity contribution < 1.29 is 9.53 Å². The number of esters is 1. The standard InChI is InChI=1S/C17H19BrO2/c18-12-4-3-10-17(19)20-13-11-15-8-5-7-14-6-1-2-9-16(14)15/h1-2,5-9H,3-4,10-13H2. The normalized spacial score (nSPS) is 10.7. The van der Waals surface area contributed by atoms with Crippen molar-refractivity contribution in [3.63, 3.8) is 0 Å². The SMILES string of the molecule is O=C(CCCCBr)OCCc1cccc2ccccc12. The molecule has 0 amide bonds. The largest absolute Gasteiger partial charge is 0.465 e. The van der Waals surface area contributed by atoms with Gasteiger partial charge in [-0.15, -0.1) is 0 Å². The predicted molar refractivity (Wildman–Crippen MR) is 86.3 cm³/mol. The molecule has 2 rings (SSSR count). The number of hydrogen-bond acceptors (Lipinski definition) is 2. The minimum Gasteiger partial charge on any atom is -0.465 e. The Bertz CT molecular complexity index is 560. The highest BCUT2D eigenvalue weighted by atomic mass is 79.9. The van der Waals surface area contributed by atoms with Crippen LogP contribution >= 0.6 is 15.9 Å². The fraction of sp³-hybridized carbons (Fsp3) is 0.353. The number of fused-ring (bicyclic) bond motifs is 1. The van der Waals surface area contributed by atoms with Crippen LogP contribution in [0.2, 0.25) is 0 Å². The summed E-state index contributed by atoms with van der Waals surface area (Å²) in [6.45, 7) is 0.459. The maximum absolute atomic E-state index is 11.5. The third-order valence-electron chi connectivity index (χ3n) is 3.28. The molecule has 0 N–H and O–H groups in total. The second kappa shape index (κ2) is 8.05. The molecule has 0 bridgehead atoms. The predicted octanol–water partition coefficient (Wildman–Crippen LogP) is 4.49. The van der Waals surface area contributed by atoms with Gasteiger partial charge < -0.3 is 4.74 Å². The Labute approximate surface area is 128 Å². The van der Waals surface area contributed by atoms with E-state index in [4.69, 9.17) is 4.74 Å². The van der Waals surface area contributed by atoms with Crippen LogP contribution in [0.25, 0.3) is 10.8 Å². The molecule has 0 aromatic heterocycles. The quantitative estimate of drug-likeness (QED) is 0.423. The molecule has 0 saturated carbocycles. The van der Waals surface area contributed by atoms with Gasteiger partial charge in [0.1, 0.15) is 0 Å².